The van der Waals surface area contributed by atoms with Crippen molar-refractivity contribution in [2.75, 3.05) is 6.54 Å². The second-order valence-electron chi connectivity index (χ2n) is 5.87. The molecule has 0 saturated heterocycles. The summed E-state index contributed by atoms with van der Waals surface area (Å²) < 4.78 is 0. The van der Waals surface area contributed by atoms with Crippen LogP contribution >= 0.6 is 0 Å². The molecule has 1 fully saturated rings. The summed E-state index contributed by atoms with van der Waals surface area (Å²) in [5.41, 5.74) is 9.03. The molecule has 4 nitrogen and oxygen atoms in total. The molecule has 20 heavy (non-hydrogen) atoms. The first-order chi connectivity index (χ1) is 9.66. The minimum Gasteiger partial charge on any atom is -0.329 e. The van der Waals surface area contributed by atoms with Crippen LogP contribution in [0.25, 0.3) is 0 Å². The van der Waals surface area contributed by atoms with E-state index in [0.717, 1.165) is 31.2 Å². The van der Waals surface area contributed by atoms with Crippen LogP contribution < -0.4 is 11.2 Å². The van der Waals surface area contributed by atoms with Crippen molar-refractivity contribution in [1.29, 1.82) is 0 Å². The summed E-state index contributed by atoms with van der Waals surface area (Å²) in [5, 5.41) is 0. The van der Waals surface area contributed by atoms with Gasteiger partial charge < -0.3 is 5.73 Å². The van der Waals surface area contributed by atoms with Crippen molar-refractivity contribution in [3.05, 3.63) is 35.9 Å². The maximum absolute atomic E-state index is 12.3. The Morgan fingerprint density at radius 1 is 1.35 bits per heavy atom. The first-order valence-electron chi connectivity index (χ1n) is 7.32. The van der Waals surface area contributed by atoms with Gasteiger partial charge in [0.15, 0.2) is 0 Å². The normalized spacial score (nSPS) is 26.2. The third-order valence-corrected chi connectivity index (χ3v) is 4.35. The SMILES string of the molecule is CC1CCC(CN)(C(=O)NOCc2ccccc2)CC1. The van der Waals surface area contributed by atoms with Crippen LogP contribution in [-0.4, -0.2) is 12.5 Å². The predicted molar refractivity (Wildman–Crippen MR) is 78.5 cm³/mol. The lowest BCUT2D eigenvalue weighted by Gasteiger charge is -2.36. The van der Waals surface area contributed by atoms with E-state index in [4.69, 9.17) is 10.6 Å². The van der Waals surface area contributed by atoms with Crippen LogP contribution in [0.3, 0.4) is 0 Å². The van der Waals surface area contributed by atoms with Gasteiger partial charge in [0.25, 0.3) is 5.91 Å². The first kappa shape index (κ1) is 15.0. The number of rotatable bonds is 5. The molecule has 0 unspecified atom stereocenters. The molecular weight excluding hydrogens is 252 g/mol. The molecule has 3 N–H and O–H groups in total. The number of nitrogens with one attached hydrogen (secondary N) is 1. The monoisotopic (exact) mass is 276 g/mol. The number of carbonyl (C=O) groups is 1. The standard InChI is InChI=1S/C16H24N2O2/c1-13-7-9-16(12-17,10-8-13)15(19)18-20-11-14-5-3-2-4-6-14/h2-6,13H,7-12,17H2,1H3,(H,18,19). The van der Waals surface area contributed by atoms with Crippen molar-refractivity contribution in [2.24, 2.45) is 17.1 Å². The predicted octanol–water partition coefficient (Wildman–Crippen LogP) is 2.39. The molecule has 0 heterocycles. The summed E-state index contributed by atoms with van der Waals surface area (Å²) in [7, 11) is 0. The third-order valence-electron chi connectivity index (χ3n) is 4.35. The summed E-state index contributed by atoms with van der Waals surface area (Å²) in [5.74, 6) is 0.621. The third kappa shape index (κ3) is 3.58. The van der Waals surface area contributed by atoms with Gasteiger partial charge in [0.05, 0.1) is 12.0 Å². The van der Waals surface area contributed by atoms with Gasteiger partial charge in [-0.15, -0.1) is 0 Å². The highest BCUT2D eigenvalue weighted by molar-refractivity contribution is 5.82. The van der Waals surface area contributed by atoms with Crippen LogP contribution in [-0.2, 0) is 16.2 Å². The van der Waals surface area contributed by atoms with Gasteiger partial charge in [-0.25, -0.2) is 5.48 Å². The second-order valence-corrected chi connectivity index (χ2v) is 5.87. The van der Waals surface area contributed by atoms with Crippen molar-refractivity contribution in [1.82, 2.24) is 5.48 Å². The number of hydrogen-bond donors (Lipinski definition) is 2. The molecule has 1 aromatic rings. The van der Waals surface area contributed by atoms with Crippen LogP contribution in [0.1, 0.15) is 38.2 Å². The van der Waals surface area contributed by atoms with Crippen LogP contribution in [0, 0.1) is 11.3 Å². The van der Waals surface area contributed by atoms with Crippen molar-refractivity contribution >= 4 is 5.91 Å². The minimum atomic E-state index is -0.441. The maximum atomic E-state index is 12.3. The van der Waals surface area contributed by atoms with E-state index in [1.54, 1.807) is 0 Å². The summed E-state index contributed by atoms with van der Waals surface area (Å²) in [6.07, 6.45) is 3.82. The molecule has 1 saturated carbocycles. The van der Waals surface area contributed by atoms with Crippen molar-refractivity contribution in [3.63, 3.8) is 0 Å². The summed E-state index contributed by atoms with van der Waals surface area (Å²) >= 11 is 0. The van der Waals surface area contributed by atoms with Gasteiger partial charge in [-0.05, 0) is 37.2 Å². The number of benzene rings is 1. The van der Waals surface area contributed by atoms with E-state index in [0.29, 0.717) is 19.1 Å². The van der Waals surface area contributed by atoms with Crippen LogP contribution in [0.4, 0.5) is 0 Å². The summed E-state index contributed by atoms with van der Waals surface area (Å²) in [4.78, 5) is 17.7. The van der Waals surface area contributed by atoms with Crippen LogP contribution in [0.15, 0.2) is 30.3 Å². The number of hydroxylamine groups is 1. The van der Waals surface area contributed by atoms with E-state index in [2.05, 4.69) is 12.4 Å². The number of hydrogen-bond acceptors (Lipinski definition) is 3. The highest BCUT2D eigenvalue weighted by atomic mass is 16.6. The zero-order chi connectivity index (χ0) is 14.4. The van der Waals surface area contributed by atoms with E-state index in [1.807, 2.05) is 30.3 Å². The Morgan fingerprint density at radius 3 is 2.60 bits per heavy atom. The molecule has 1 aliphatic rings. The number of carbonyl (C=O) groups excluding carboxylic acids is 1. The fourth-order valence-electron chi connectivity index (χ4n) is 2.71. The van der Waals surface area contributed by atoms with Gasteiger partial charge in [0, 0.05) is 6.54 Å². The van der Waals surface area contributed by atoms with E-state index in [1.165, 1.54) is 0 Å². The fourth-order valence-corrected chi connectivity index (χ4v) is 2.71. The molecule has 0 spiro atoms. The molecule has 1 aromatic carbocycles. The minimum absolute atomic E-state index is 0.0668. The average Bonchev–Trinajstić information content (AvgIpc) is 2.49. The Balaban J connectivity index is 1.84. The highest BCUT2D eigenvalue weighted by Crippen LogP contribution is 2.38. The fraction of sp³-hybridized carbons (Fsp3) is 0.562. The van der Waals surface area contributed by atoms with Crippen molar-refractivity contribution in [2.45, 2.75) is 39.2 Å². The quantitative estimate of drug-likeness (QED) is 0.812. The van der Waals surface area contributed by atoms with Gasteiger partial charge in [0.2, 0.25) is 0 Å². The smallest absolute Gasteiger partial charge is 0.251 e. The summed E-state index contributed by atoms with van der Waals surface area (Å²) in [6.45, 7) is 2.99. The van der Waals surface area contributed by atoms with Gasteiger partial charge in [-0.1, -0.05) is 37.3 Å². The van der Waals surface area contributed by atoms with Crippen molar-refractivity contribution < 1.29 is 9.63 Å². The molecule has 0 radical (unpaired) electrons. The molecule has 4 heteroatoms. The van der Waals surface area contributed by atoms with E-state index in [9.17, 15) is 4.79 Å². The van der Waals surface area contributed by atoms with Crippen LogP contribution in [0.2, 0.25) is 0 Å². The lowest BCUT2D eigenvalue weighted by molar-refractivity contribution is -0.147. The molecule has 1 aliphatic carbocycles. The molecule has 0 aliphatic heterocycles. The molecule has 1 amide bonds. The Labute approximate surface area is 120 Å². The van der Waals surface area contributed by atoms with E-state index < -0.39 is 5.41 Å². The van der Waals surface area contributed by atoms with Gasteiger partial charge in [-0.2, -0.15) is 0 Å². The Bertz CT molecular complexity index is 425. The van der Waals surface area contributed by atoms with E-state index in [-0.39, 0.29) is 5.91 Å². The first-order valence-corrected chi connectivity index (χ1v) is 7.32. The number of nitrogens with two attached hydrogens (primary N) is 1. The Kier molecular flexibility index (Phi) is 5.15. The maximum Gasteiger partial charge on any atom is 0.251 e. The molecule has 0 atom stereocenters. The lowest BCUT2D eigenvalue weighted by Crippen LogP contribution is -2.47. The molecule has 2 rings (SSSR count). The Morgan fingerprint density at radius 2 is 2.00 bits per heavy atom. The van der Waals surface area contributed by atoms with Crippen LogP contribution in [0.5, 0.6) is 0 Å². The van der Waals surface area contributed by atoms with Gasteiger partial charge in [-0.3, -0.25) is 9.63 Å². The molecule has 0 aromatic heterocycles. The Hall–Kier alpha value is -1.39. The zero-order valence-corrected chi connectivity index (χ0v) is 12.1. The molecular formula is C16H24N2O2. The zero-order valence-electron chi connectivity index (χ0n) is 12.1. The number of amides is 1. The average molecular weight is 276 g/mol. The topological polar surface area (TPSA) is 64.4 Å². The van der Waals surface area contributed by atoms with E-state index >= 15 is 0 Å². The van der Waals surface area contributed by atoms with Crippen molar-refractivity contribution in [3.8, 4) is 0 Å². The van der Waals surface area contributed by atoms with Gasteiger partial charge in [0.1, 0.15) is 0 Å². The van der Waals surface area contributed by atoms with Gasteiger partial charge >= 0.3 is 0 Å². The molecule has 0 bridgehead atoms. The molecule has 110 valence electrons. The summed E-state index contributed by atoms with van der Waals surface area (Å²) in [6, 6.07) is 9.78. The highest BCUT2D eigenvalue weighted by Gasteiger charge is 2.40. The largest absolute Gasteiger partial charge is 0.329 e. The lowest BCUT2D eigenvalue weighted by atomic mass is 9.70. The second kappa shape index (κ2) is 6.86.